The van der Waals surface area contributed by atoms with E-state index in [2.05, 4.69) is 6.92 Å². The van der Waals surface area contributed by atoms with Crippen LogP contribution in [0.5, 0.6) is 0 Å². The SMILES string of the molecule is C[C@H](OC=O)[C@H]1CC[C@H]2C(=O)CCC[C@@]12C. The zero-order valence-electron chi connectivity index (χ0n) is 10.1. The molecular weight excluding hydrogens is 204 g/mol. The second kappa shape index (κ2) is 4.19. The summed E-state index contributed by atoms with van der Waals surface area (Å²) in [6.45, 7) is 4.69. The number of fused-ring (bicyclic) bond motifs is 1. The van der Waals surface area contributed by atoms with Crippen molar-refractivity contribution in [3.8, 4) is 0 Å². The van der Waals surface area contributed by atoms with Gasteiger partial charge < -0.3 is 4.74 Å². The number of ether oxygens (including phenoxy) is 1. The second-order valence-electron chi connectivity index (χ2n) is 5.50. The third kappa shape index (κ3) is 1.66. The Morgan fingerprint density at radius 2 is 2.25 bits per heavy atom. The standard InChI is InChI=1S/C13H20O3/c1-9(16-8-14)10-5-6-11-12(15)4-3-7-13(10,11)2/h8-11H,3-7H2,1-2H3/t9-,10+,11-,13-/m0/s1. The van der Waals surface area contributed by atoms with Crippen LogP contribution in [0.1, 0.15) is 46.0 Å². The largest absolute Gasteiger partial charge is 0.465 e. The molecule has 3 nitrogen and oxygen atoms in total. The molecule has 0 N–H and O–H groups in total. The van der Waals surface area contributed by atoms with Gasteiger partial charge in [0.1, 0.15) is 11.9 Å². The predicted octanol–water partition coefficient (Wildman–Crippen LogP) is 2.33. The summed E-state index contributed by atoms with van der Waals surface area (Å²) < 4.78 is 5.08. The van der Waals surface area contributed by atoms with Crippen molar-refractivity contribution in [3.63, 3.8) is 0 Å². The maximum atomic E-state index is 11.9. The fraction of sp³-hybridized carbons (Fsp3) is 0.846. The third-order valence-electron chi connectivity index (χ3n) is 4.77. The molecule has 0 amide bonds. The second-order valence-corrected chi connectivity index (χ2v) is 5.50. The van der Waals surface area contributed by atoms with Gasteiger partial charge in [0.15, 0.2) is 0 Å². The lowest BCUT2D eigenvalue weighted by Gasteiger charge is -2.41. The van der Waals surface area contributed by atoms with E-state index in [-0.39, 0.29) is 17.4 Å². The molecule has 3 heteroatoms. The maximum absolute atomic E-state index is 11.9. The van der Waals surface area contributed by atoms with E-state index >= 15 is 0 Å². The zero-order chi connectivity index (χ0) is 11.8. The van der Waals surface area contributed by atoms with E-state index in [1.165, 1.54) is 0 Å². The number of hydrogen-bond donors (Lipinski definition) is 0. The Kier molecular flexibility index (Phi) is 3.04. The van der Waals surface area contributed by atoms with Gasteiger partial charge in [-0.1, -0.05) is 6.92 Å². The lowest BCUT2D eigenvalue weighted by molar-refractivity contribution is -0.139. The van der Waals surface area contributed by atoms with E-state index in [4.69, 9.17) is 4.74 Å². The lowest BCUT2D eigenvalue weighted by Crippen LogP contribution is -2.41. The van der Waals surface area contributed by atoms with Crippen LogP contribution in [0.4, 0.5) is 0 Å². The molecule has 2 rings (SSSR count). The van der Waals surface area contributed by atoms with Crippen LogP contribution in [0, 0.1) is 17.3 Å². The van der Waals surface area contributed by atoms with Gasteiger partial charge in [0, 0.05) is 18.3 Å². The van der Waals surface area contributed by atoms with Crippen molar-refractivity contribution in [3.05, 3.63) is 0 Å². The first kappa shape index (κ1) is 11.6. The van der Waals surface area contributed by atoms with E-state index in [1.807, 2.05) is 6.92 Å². The molecule has 4 atom stereocenters. The molecule has 2 aliphatic carbocycles. The Bertz CT molecular complexity index is 300. The highest BCUT2D eigenvalue weighted by Gasteiger charge is 2.53. The molecule has 0 bridgehead atoms. The number of rotatable bonds is 3. The summed E-state index contributed by atoms with van der Waals surface area (Å²) in [7, 11) is 0. The number of carbonyl (C=O) groups excluding carboxylic acids is 2. The Morgan fingerprint density at radius 3 is 2.94 bits per heavy atom. The van der Waals surface area contributed by atoms with Gasteiger partial charge in [-0.05, 0) is 38.0 Å². The van der Waals surface area contributed by atoms with Crippen molar-refractivity contribution >= 4 is 12.3 Å². The van der Waals surface area contributed by atoms with Gasteiger partial charge >= 0.3 is 0 Å². The molecule has 0 spiro atoms. The molecule has 0 unspecified atom stereocenters. The van der Waals surface area contributed by atoms with Crippen LogP contribution in [0.25, 0.3) is 0 Å². The molecular formula is C13H20O3. The molecule has 0 heterocycles. The van der Waals surface area contributed by atoms with Crippen molar-refractivity contribution in [1.29, 1.82) is 0 Å². The molecule has 0 aromatic heterocycles. The Balaban J connectivity index is 2.17. The van der Waals surface area contributed by atoms with E-state index in [0.717, 1.165) is 32.1 Å². The minimum Gasteiger partial charge on any atom is -0.465 e. The first-order valence-corrected chi connectivity index (χ1v) is 6.21. The molecule has 0 saturated heterocycles. The van der Waals surface area contributed by atoms with Gasteiger partial charge in [0.05, 0.1) is 0 Å². The summed E-state index contributed by atoms with van der Waals surface area (Å²) >= 11 is 0. The fourth-order valence-corrected chi connectivity index (χ4v) is 3.92. The van der Waals surface area contributed by atoms with E-state index < -0.39 is 0 Å². The van der Waals surface area contributed by atoms with Crippen LogP contribution < -0.4 is 0 Å². The third-order valence-corrected chi connectivity index (χ3v) is 4.77. The van der Waals surface area contributed by atoms with Crippen molar-refractivity contribution in [1.82, 2.24) is 0 Å². The average Bonchev–Trinajstić information content (AvgIpc) is 2.57. The molecule has 16 heavy (non-hydrogen) atoms. The van der Waals surface area contributed by atoms with E-state index in [0.29, 0.717) is 18.2 Å². The number of ketones is 1. The van der Waals surface area contributed by atoms with Gasteiger partial charge in [-0.3, -0.25) is 9.59 Å². The van der Waals surface area contributed by atoms with E-state index in [1.54, 1.807) is 0 Å². The maximum Gasteiger partial charge on any atom is 0.293 e. The molecule has 2 saturated carbocycles. The first-order chi connectivity index (χ1) is 7.59. The Morgan fingerprint density at radius 1 is 1.50 bits per heavy atom. The van der Waals surface area contributed by atoms with Gasteiger partial charge in [-0.15, -0.1) is 0 Å². The highest BCUT2D eigenvalue weighted by atomic mass is 16.5. The first-order valence-electron chi connectivity index (χ1n) is 6.21. The Hall–Kier alpha value is -0.860. The van der Waals surface area contributed by atoms with Crippen LogP contribution in [0.3, 0.4) is 0 Å². The molecule has 0 aromatic rings. The van der Waals surface area contributed by atoms with E-state index in [9.17, 15) is 9.59 Å². The monoisotopic (exact) mass is 224 g/mol. The summed E-state index contributed by atoms with van der Waals surface area (Å²) in [5.74, 6) is 0.991. The molecule has 0 aromatic carbocycles. The predicted molar refractivity (Wildman–Crippen MR) is 59.8 cm³/mol. The van der Waals surface area contributed by atoms with Crippen LogP contribution in [0.15, 0.2) is 0 Å². The summed E-state index contributed by atoms with van der Waals surface area (Å²) in [5, 5.41) is 0. The normalized spacial score (nSPS) is 40.2. The molecule has 0 radical (unpaired) electrons. The number of Topliss-reactive ketones (excluding diaryl/α,β-unsaturated/α-hetero) is 1. The molecule has 0 aliphatic heterocycles. The van der Waals surface area contributed by atoms with Crippen LogP contribution in [0.2, 0.25) is 0 Å². The van der Waals surface area contributed by atoms with Gasteiger partial charge in [0.2, 0.25) is 0 Å². The molecule has 90 valence electrons. The topological polar surface area (TPSA) is 43.4 Å². The number of hydrogen-bond acceptors (Lipinski definition) is 3. The highest BCUT2D eigenvalue weighted by Crippen LogP contribution is 2.55. The van der Waals surface area contributed by atoms with Gasteiger partial charge in [0.25, 0.3) is 6.47 Å². The fourth-order valence-electron chi connectivity index (χ4n) is 3.92. The quantitative estimate of drug-likeness (QED) is 0.691. The molecule has 2 aliphatic rings. The van der Waals surface area contributed by atoms with Crippen molar-refractivity contribution < 1.29 is 14.3 Å². The smallest absolute Gasteiger partial charge is 0.293 e. The minimum atomic E-state index is -0.0570. The lowest BCUT2D eigenvalue weighted by atomic mass is 9.64. The summed E-state index contributed by atoms with van der Waals surface area (Å²) in [5.41, 5.74) is 0.0672. The van der Waals surface area contributed by atoms with Crippen molar-refractivity contribution in [2.75, 3.05) is 0 Å². The van der Waals surface area contributed by atoms with Crippen molar-refractivity contribution in [2.24, 2.45) is 17.3 Å². The van der Waals surface area contributed by atoms with Crippen LogP contribution in [-0.2, 0) is 14.3 Å². The van der Waals surface area contributed by atoms with Crippen molar-refractivity contribution in [2.45, 2.75) is 52.1 Å². The Labute approximate surface area is 96.5 Å². The molecule has 2 fully saturated rings. The van der Waals surface area contributed by atoms with Crippen LogP contribution in [-0.4, -0.2) is 18.4 Å². The summed E-state index contributed by atoms with van der Waals surface area (Å²) in [6.07, 6.45) is 4.78. The van der Waals surface area contributed by atoms with Crippen LogP contribution >= 0.6 is 0 Å². The number of carbonyl (C=O) groups is 2. The van der Waals surface area contributed by atoms with Gasteiger partial charge in [-0.2, -0.15) is 0 Å². The summed E-state index contributed by atoms with van der Waals surface area (Å²) in [6, 6.07) is 0. The van der Waals surface area contributed by atoms with Gasteiger partial charge in [-0.25, -0.2) is 0 Å². The minimum absolute atomic E-state index is 0.0570. The highest BCUT2D eigenvalue weighted by molar-refractivity contribution is 5.83. The summed E-state index contributed by atoms with van der Waals surface area (Å²) in [4.78, 5) is 22.3. The average molecular weight is 224 g/mol. The zero-order valence-corrected chi connectivity index (χ0v) is 10.1.